The predicted molar refractivity (Wildman–Crippen MR) is 142 cm³/mol. The van der Waals surface area contributed by atoms with Gasteiger partial charge >= 0.3 is 18.2 Å². The predicted octanol–water partition coefficient (Wildman–Crippen LogP) is 3.93. The number of carbonyl (C=O) groups excluding carboxylic acids is 1. The second kappa shape index (κ2) is 10.3. The fraction of sp³-hybridized carbons (Fsp3) is 0.280. The number of rotatable bonds is 6. The van der Waals surface area contributed by atoms with Crippen molar-refractivity contribution in [3.8, 4) is 21.8 Å². The molecule has 0 radical (unpaired) electrons. The molecule has 2 amide bonds. The molecule has 4 aromatic rings. The van der Waals surface area contributed by atoms with Gasteiger partial charge in [0.25, 0.3) is 0 Å². The Morgan fingerprint density at radius 2 is 1.93 bits per heavy atom. The van der Waals surface area contributed by atoms with Gasteiger partial charge in [-0.2, -0.15) is 13.2 Å². The van der Waals surface area contributed by atoms with Crippen LogP contribution in [0.5, 0.6) is 0 Å². The second-order valence-electron chi connectivity index (χ2n) is 9.18. The topological polar surface area (TPSA) is 142 Å². The number of halogens is 3. The Hall–Kier alpha value is -4.37. The summed E-state index contributed by atoms with van der Waals surface area (Å²) >= 11 is 0.743. The van der Waals surface area contributed by atoms with Gasteiger partial charge < -0.3 is 19.9 Å². The van der Waals surface area contributed by atoms with Crippen LogP contribution in [0.2, 0.25) is 0 Å². The van der Waals surface area contributed by atoms with Crippen molar-refractivity contribution in [2.75, 3.05) is 32.0 Å². The summed E-state index contributed by atoms with van der Waals surface area (Å²) in [5.74, 6) is -1.32. The molecule has 0 saturated carbocycles. The Morgan fingerprint density at radius 3 is 2.55 bits per heavy atom. The highest BCUT2D eigenvalue weighted by molar-refractivity contribution is 7.13. The lowest BCUT2D eigenvalue weighted by Gasteiger charge is -2.38. The molecule has 4 aromatic heterocycles. The van der Waals surface area contributed by atoms with Gasteiger partial charge in [-0.1, -0.05) is 0 Å². The van der Waals surface area contributed by atoms with Crippen molar-refractivity contribution >= 4 is 40.1 Å². The maximum atomic E-state index is 13.3. The number of amides is 2. The Bertz CT molecular complexity index is 1700. The average Bonchev–Trinajstić information content (AvgIpc) is 3.38. The van der Waals surface area contributed by atoms with Gasteiger partial charge in [0.1, 0.15) is 16.4 Å². The number of carboxylic acids is 1. The number of aromatic carboxylic acids is 1. The summed E-state index contributed by atoms with van der Waals surface area (Å²) in [4.78, 5) is 51.5. The molecule has 0 atom stereocenters. The highest BCUT2D eigenvalue weighted by Crippen LogP contribution is 2.38. The van der Waals surface area contributed by atoms with Crippen molar-refractivity contribution in [2.45, 2.75) is 19.1 Å². The zero-order valence-electron chi connectivity index (χ0n) is 21.1. The summed E-state index contributed by atoms with van der Waals surface area (Å²) in [6, 6.07) is 2.15. The molecule has 0 unspecified atom stereocenters. The van der Waals surface area contributed by atoms with Gasteiger partial charge in [0.15, 0.2) is 5.69 Å². The molecular weight excluding hydrogens is 551 g/mol. The van der Waals surface area contributed by atoms with Crippen LogP contribution in [-0.2, 0) is 6.18 Å². The summed E-state index contributed by atoms with van der Waals surface area (Å²) < 4.78 is 41.7. The van der Waals surface area contributed by atoms with Gasteiger partial charge in [-0.05, 0) is 26.1 Å². The Balaban J connectivity index is 1.68. The number of hydrogen-bond acceptors (Lipinski definition) is 8. The van der Waals surface area contributed by atoms with Crippen molar-refractivity contribution < 1.29 is 27.9 Å². The number of likely N-dealkylation sites (tertiary alicyclic amines) is 1. The molecule has 0 aliphatic carbocycles. The van der Waals surface area contributed by atoms with Gasteiger partial charge in [0.2, 0.25) is 5.43 Å². The number of nitrogens with zero attached hydrogens (tertiary/aromatic N) is 5. The molecule has 5 rings (SSSR count). The van der Waals surface area contributed by atoms with Crippen LogP contribution in [-0.4, -0.2) is 68.2 Å². The van der Waals surface area contributed by atoms with E-state index in [-0.39, 0.29) is 39.1 Å². The molecule has 208 valence electrons. The quantitative estimate of drug-likeness (QED) is 0.315. The van der Waals surface area contributed by atoms with Crippen molar-refractivity contribution in [3.05, 3.63) is 57.6 Å². The number of alkyl halides is 3. The monoisotopic (exact) mass is 573 g/mol. The van der Waals surface area contributed by atoms with E-state index in [4.69, 9.17) is 0 Å². The first-order valence-corrected chi connectivity index (χ1v) is 12.9. The third-order valence-corrected chi connectivity index (χ3v) is 7.25. The van der Waals surface area contributed by atoms with Crippen LogP contribution in [0.3, 0.4) is 0 Å². The van der Waals surface area contributed by atoms with E-state index in [9.17, 15) is 32.7 Å². The average molecular weight is 574 g/mol. The number of thiazole rings is 1. The van der Waals surface area contributed by atoms with Crippen molar-refractivity contribution in [2.24, 2.45) is 0 Å². The molecule has 1 aliphatic heterocycles. The maximum Gasteiger partial charge on any atom is 0.434 e. The summed E-state index contributed by atoms with van der Waals surface area (Å²) in [6.07, 6.45) is -0.613. The zero-order chi connectivity index (χ0) is 28.8. The van der Waals surface area contributed by atoms with Crippen LogP contribution < -0.4 is 16.1 Å². The first-order chi connectivity index (χ1) is 19.0. The molecule has 40 heavy (non-hydrogen) atoms. The summed E-state index contributed by atoms with van der Waals surface area (Å²) in [5.41, 5.74) is -1.19. The lowest BCUT2D eigenvalue weighted by molar-refractivity contribution is -0.140. The molecule has 1 aliphatic rings. The minimum atomic E-state index is -4.67. The van der Waals surface area contributed by atoms with Crippen LogP contribution in [0.4, 0.5) is 23.8 Å². The van der Waals surface area contributed by atoms with Gasteiger partial charge in [-0.25, -0.2) is 19.6 Å². The van der Waals surface area contributed by atoms with Gasteiger partial charge in [-0.3, -0.25) is 15.1 Å². The summed E-state index contributed by atoms with van der Waals surface area (Å²) in [5, 5.41) is 15.7. The highest BCUT2D eigenvalue weighted by atomic mass is 32.1. The third kappa shape index (κ3) is 5.12. The summed E-state index contributed by atoms with van der Waals surface area (Å²) in [7, 11) is 1.91. The first kappa shape index (κ1) is 27.2. The molecule has 3 N–H and O–H groups in total. The fourth-order valence-electron chi connectivity index (χ4n) is 4.45. The SMILES string of the molecule is CCNC(=O)Nc1cc(-c2nc(C(F)(F)F)cs2)c(-c2cc3c(=O)c(C(=O)O)cn(C4CN(C)C4)c3cn2)cn1. The third-order valence-electron chi connectivity index (χ3n) is 6.37. The zero-order valence-corrected chi connectivity index (χ0v) is 21.9. The second-order valence-corrected chi connectivity index (χ2v) is 10.0. The fourth-order valence-corrected chi connectivity index (χ4v) is 5.30. The Kier molecular flexibility index (Phi) is 7.01. The number of nitrogens with one attached hydrogen (secondary N) is 2. The van der Waals surface area contributed by atoms with E-state index in [2.05, 4.69) is 25.6 Å². The Labute approximate surface area is 228 Å². The molecule has 15 heteroatoms. The highest BCUT2D eigenvalue weighted by Gasteiger charge is 2.34. The van der Waals surface area contributed by atoms with Crippen LogP contribution in [0, 0.1) is 0 Å². The van der Waals surface area contributed by atoms with Crippen LogP contribution in [0.1, 0.15) is 29.0 Å². The number of hydrogen-bond donors (Lipinski definition) is 3. The smallest absolute Gasteiger partial charge is 0.434 e. The number of aromatic nitrogens is 4. The van der Waals surface area contributed by atoms with E-state index in [1.165, 1.54) is 30.7 Å². The van der Waals surface area contributed by atoms with Crippen molar-refractivity contribution in [3.63, 3.8) is 0 Å². The maximum absolute atomic E-state index is 13.3. The van der Waals surface area contributed by atoms with Gasteiger partial charge in [0.05, 0.1) is 28.8 Å². The molecule has 0 aromatic carbocycles. The number of anilines is 1. The largest absolute Gasteiger partial charge is 0.477 e. The molecular formula is C25H22F3N7O4S. The van der Waals surface area contributed by atoms with Crippen molar-refractivity contribution in [1.29, 1.82) is 0 Å². The number of carboxylic acid groups (broad SMARTS) is 1. The standard InChI is InChI=1S/C25H22F3N7O4S/c1-3-29-24(39)33-20-5-13(22-32-19(11-40-22)25(26,27)28)15(6-31-20)17-4-14-18(7-30-17)35(12-8-34(2)9-12)10-16(21(14)36)23(37)38/h4-7,10-12H,3,8-9H2,1-2H3,(H,37,38)(H2,29,31,33,39). The van der Waals surface area contributed by atoms with E-state index in [1.54, 1.807) is 11.5 Å². The van der Waals surface area contributed by atoms with E-state index in [0.717, 1.165) is 16.7 Å². The number of likely N-dealkylation sites (N-methyl/N-ethyl adjacent to an activating group) is 1. The molecule has 11 nitrogen and oxygen atoms in total. The number of pyridine rings is 3. The molecule has 1 fully saturated rings. The molecule has 1 saturated heterocycles. The molecule has 5 heterocycles. The Morgan fingerprint density at radius 1 is 1.18 bits per heavy atom. The van der Waals surface area contributed by atoms with Crippen LogP contribution in [0.25, 0.3) is 32.7 Å². The normalized spacial score (nSPS) is 14.2. The van der Waals surface area contributed by atoms with Crippen molar-refractivity contribution in [1.82, 2.24) is 29.7 Å². The van der Waals surface area contributed by atoms with Crippen LogP contribution >= 0.6 is 11.3 Å². The van der Waals surface area contributed by atoms with E-state index in [1.807, 2.05) is 11.9 Å². The number of fused-ring (bicyclic) bond motifs is 1. The minimum absolute atomic E-state index is 0.0141. The summed E-state index contributed by atoms with van der Waals surface area (Å²) in [6.45, 7) is 3.36. The minimum Gasteiger partial charge on any atom is -0.477 e. The molecule has 0 bridgehead atoms. The van der Waals surface area contributed by atoms with E-state index < -0.39 is 34.9 Å². The molecule has 0 spiro atoms. The lowest BCUT2D eigenvalue weighted by Crippen LogP contribution is -2.45. The van der Waals surface area contributed by atoms with Gasteiger partial charge in [-0.15, -0.1) is 11.3 Å². The lowest BCUT2D eigenvalue weighted by atomic mass is 10.0. The van der Waals surface area contributed by atoms with Crippen LogP contribution in [0.15, 0.2) is 40.9 Å². The van der Waals surface area contributed by atoms with E-state index in [0.29, 0.717) is 25.2 Å². The number of carbonyl (C=O) groups is 2. The number of urea groups is 1. The first-order valence-electron chi connectivity index (χ1n) is 12.0. The van der Waals surface area contributed by atoms with E-state index >= 15 is 0 Å². The van der Waals surface area contributed by atoms with Gasteiger partial charge in [0, 0.05) is 48.5 Å².